The molecule has 3 aromatic carbocycles. The van der Waals surface area contributed by atoms with E-state index < -0.39 is 10.0 Å². The lowest BCUT2D eigenvalue weighted by molar-refractivity contribution is 0.102. The van der Waals surface area contributed by atoms with Gasteiger partial charge in [0.2, 0.25) is 10.0 Å². The van der Waals surface area contributed by atoms with Crippen LogP contribution in [0.5, 0.6) is 0 Å². The number of fused-ring (bicyclic) bond motifs is 3. The van der Waals surface area contributed by atoms with Gasteiger partial charge in [0.15, 0.2) is 0 Å². The summed E-state index contributed by atoms with van der Waals surface area (Å²) in [4.78, 5) is 13.0. The van der Waals surface area contributed by atoms with E-state index in [1.165, 1.54) is 35.9 Å². The Kier molecular flexibility index (Phi) is 5.91. The number of anilines is 1. The van der Waals surface area contributed by atoms with Crippen molar-refractivity contribution in [2.45, 2.75) is 18.2 Å². The van der Waals surface area contributed by atoms with E-state index in [0.717, 1.165) is 12.0 Å². The van der Waals surface area contributed by atoms with E-state index in [9.17, 15) is 13.2 Å². The Morgan fingerprint density at radius 3 is 2.58 bits per heavy atom. The number of carbonyl (C=O) groups excluding carboxylic acids is 1. The normalized spacial score (nSPS) is 12.3. The smallest absolute Gasteiger partial charge is 0.255 e. The molecular formula is C24H24N2O4S. The second kappa shape index (κ2) is 8.63. The van der Waals surface area contributed by atoms with Crippen molar-refractivity contribution in [3.05, 3.63) is 82.9 Å². The van der Waals surface area contributed by atoms with Crippen molar-refractivity contribution in [3.8, 4) is 11.1 Å². The molecule has 0 unspecified atom stereocenters. The summed E-state index contributed by atoms with van der Waals surface area (Å²) in [6.45, 7) is 2.20. The van der Waals surface area contributed by atoms with E-state index in [0.29, 0.717) is 16.8 Å². The molecule has 1 aliphatic carbocycles. The zero-order chi connectivity index (χ0) is 22.0. The molecule has 6 nitrogen and oxygen atoms in total. The Morgan fingerprint density at radius 2 is 1.77 bits per heavy atom. The van der Waals surface area contributed by atoms with Gasteiger partial charge in [-0.2, -0.15) is 0 Å². The van der Waals surface area contributed by atoms with Crippen molar-refractivity contribution < 1.29 is 17.9 Å². The van der Waals surface area contributed by atoms with E-state index in [-0.39, 0.29) is 24.0 Å². The first-order valence-corrected chi connectivity index (χ1v) is 11.5. The number of hydrogen-bond acceptors (Lipinski definition) is 4. The molecule has 7 heteroatoms. The molecule has 1 amide bonds. The largest absolute Gasteiger partial charge is 0.383 e. The van der Waals surface area contributed by atoms with Crippen molar-refractivity contribution in [3.63, 3.8) is 0 Å². The molecule has 4 rings (SSSR count). The fourth-order valence-electron chi connectivity index (χ4n) is 3.80. The summed E-state index contributed by atoms with van der Waals surface area (Å²) in [5.41, 5.74) is 6.54. The van der Waals surface area contributed by atoms with Crippen LogP contribution in [0.2, 0.25) is 0 Å². The highest BCUT2D eigenvalue weighted by molar-refractivity contribution is 7.89. The van der Waals surface area contributed by atoms with E-state index >= 15 is 0 Å². The van der Waals surface area contributed by atoms with Gasteiger partial charge in [-0.15, -0.1) is 0 Å². The van der Waals surface area contributed by atoms with Crippen LogP contribution in [0.4, 0.5) is 5.69 Å². The standard InChI is InChI=1S/C24H24N2O4S/c1-16-7-9-20(31(28,29)25-11-12-30-2)15-23(16)24(27)26-19-8-10-22-18(14-19)13-17-5-3-4-6-21(17)22/h3-10,14-15,25H,11-13H2,1-2H3,(H,26,27). The number of benzene rings is 3. The number of ether oxygens (including phenoxy) is 1. The predicted molar refractivity (Wildman–Crippen MR) is 121 cm³/mol. The lowest BCUT2D eigenvalue weighted by Gasteiger charge is -2.12. The lowest BCUT2D eigenvalue weighted by Crippen LogP contribution is -2.27. The van der Waals surface area contributed by atoms with Crippen LogP contribution in [0.25, 0.3) is 11.1 Å². The lowest BCUT2D eigenvalue weighted by atomic mass is 10.1. The van der Waals surface area contributed by atoms with Gasteiger partial charge in [0.1, 0.15) is 0 Å². The summed E-state index contributed by atoms with van der Waals surface area (Å²) in [5, 5.41) is 2.91. The number of sulfonamides is 1. The van der Waals surface area contributed by atoms with Gasteiger partial charge in [0, 0.05) is 24.9 Å². The number of hydrogen-bond donors (Lipinski definition) is 2. The van der Waals surface area contributed by atoms with E-state index in [1.807, 2.05) is 30.3 Å². The molecule has 0 saturated heterocycles. The Balaban J connectivity index is 1.55. The van der Waals surface area contributed by atoms with Crippen LogP contribution in [-0.4, -0.2) is 34.6 Å². The van der Waals surface area contributed by atoms with Crippen LogP contribution in [0, 0.1) is 6.92 Å². The topological polar surface area (TPSA) is 84.5 Å². The quantitative estimate of drug-likeness (QED) is 0.432. The zero-order valence-corrected chi connectivity index (χ0v) is 18.3. The number of aryl methyl sites for hydroxylation is 1. The molecule has 0 aromatic heterocycles. The van der Waals surface area contributed by atoms with Crippen LogP contribution >= 0.6 is 0 Å². The molecule has 1 aliphatic rings. The van der Waals surface area contributed by atoms with E-state index in [1.54, 1.807) is 13.0 Å². The maximum absolute atomic E-state index is 12.9. The molecule has 3 aromatic rings. The molecule has 0 bridgehead atoms. The Morgan fingerprint density at radius 1 is 1.00 bits per heavy atom. The van der Waals surface area contributed by atoms with Gasteiger partial charge in [0.05, 0.1) is 11.5 Å². The Hall–Kier alpha value is -3.00. The Labute approximate surface area is 182 Å². The average Bonchev–Trinajstić information content (AvgIpc) is 3.11. The number of carbonyl (C=O) groups is 1. The highest BCUT2D eigenvalue weighted by atomic mass is 32.2. The zero-order valence-electron chi connectivity index (χ0n) is 17.4. The first-order valence-electron chi connectivity index (χ1n) is 10.0. The molecule has 0 spiro atoms. The second-order valence-electron chi connectivity index (χ2n) is 7.53. The number of nitrogens with one attached hydrogen (secondary N) is 2. The van der Waals surface area contributed by atoms with Gasteiger partial charge in [0.25, 0.3) is 5.91 Å². The highest BCUT2D eigenvalue weighted by Gasteiger charge is 2.20. The SMILES string of the molecule is COCCNS(=O)(=O)c1ccc(C)c(C(=O)Nc2ccc3c(c2)Cc2ccccc2-3)c1. The second-order valence-corrected chi connectivity index (χ2v) is 9.29. The van der Waals surface area contributed by atoms with E-state index in [2.05, 4.69) is 22.2 Å². The van der Waals surface area contributed by atoms with E-state index in [4.69, 9.17) is 4.74 Å². The molecule has 2 N–H and O–H groups in total. The van der Waals surface area contributed by atoms with Gasteiger partial charge in [-0.25, -0.2) is 13.1 Å². The molecule has 0 radical (unpaired) electrons. The number of amides is 1. The fraction of sp³-hybridized carbons (Fsp3) is 0.208. The number of rotatable bonds is 7. The van der Waals surface area contributed by atoms with Crippen molar-refractivity contribution in [1.29, 1.82) is 0 Å². The molecule has 0 fully saturated rings. The van der Waals surface area contributed by atoms with Crippen molar-refractivity contribution >= 4 is 21.6 Å². The van der Waals surface area contributed by atoms with Gasteiger partial charge >= 0.3 is 0 Å². The van der Waals surface area contributed by atoms with Crippen LogP contribution in [-0.2, 0) is 21.2 Å². The molecule has 0 heterocycles. The van der Waals surface area contributed by atoms with Crippen molar-refractivity contribution in [1.82, 2.24) is 4.72 Å². The third-order valence-corrected chi connectivity index (χ3v) is 6.87. The first kappa shape index (κ1) is 21.2. The molecule has 31 heavy (non-hydrogen) atoms. The maximum atomic E-state index is 12.9. The van der Waals surface area contributed by atoms with Gasteiger partial charge in [-0.3, -0.25) is 4.79 Å². The third kappa shape index (κ3) is 4.39. The minimum atomic E-state index is -3.73. The summed E-state index contributed by atoms with van der Waals surface area (Å²) in [7, 11) is -2.23. The highest BCUT2D eigenvalue weighted by Crippen LogP contribution is 2.37. The maximum Gasteiger partial charge on any atom is 0.255 e. The van der Waals surface area contributed by atoms with Crippen LogP contribution in [0.3, 0.4) is 0 Å². The fourth-order valence-corrected chi connectivity index (χ4v) is 4.83. The summed E-state index contributed by atoms with van der Waals surface area (Å²) in [6, 6.07) is 18.7. The average molecular weight is 437 g/mol. The van der Waals surface area contributed by atoms with Crippen molar-refractivity contribution in [2.24, 2.45) is 0 Å². The molecule has 0 atom stereocenters. The molecular weight excluding hydrogens is 412 g/mol. The van der Waals surface area contributed by atoms with Crippen LogP contribution in [0.1, 0.15) is 27.0 Å². The summed E-state index contributed by atoms with van der Waals surface area (Å²) in [5.74, 6) is -0.345. The molecule has 0 aliphatic heterocycles. The monoisotopic (exact) mass is 436 g/mol. The third-order valence-electron chi connectivity index (χ3n) is 5.41. The van der Waals surface area contributed by atoms with Crippen LogP contribution in [0.15, 0.2) is 65.6 Å². The molecule has 0 saturated carbocycles. The predicted octanol–water partition coefficient (Wildman–Crippen LogP) is 3.74. The summed E-state index contributed by atoms with van der Waals surface area (Å²) >= 11 is 0. The number of methoxy groups -OCH3 is 1. The minimum Gasteiger partial charge on any atom is -0.383 e. The van der Waals surface area contributed by atoms with Crippen LogP contribution < -0.4 is 10.0 Å². The summed E-state index contributed by atoms with van der Waals surface area (Å²) < 4.78 is 32.3. The van der Waals surface area contributed by atoms with Gasteiger partial charge in [-0.1, -0.05) is 36.4 Å². The first-order chi connectivity index (χ1) is 14.9. The van der Waals surface area contributed by atoms with Crippen molar-refractivity contribution in [2.75, 3.05) is 25.6 Å². The molecule has 160 valence electrons. The summed E-state index contributed by atoms with van der Waals surface area (Å²) in [6.07, 6.45) is 0.828. The van der Waals surface area contributed by atoms with Gasteiger partial charge < -0.3 is 10.1 Å². The Bertz CT molecular complexity index is 1250. The van der Waals surface area contributed by atoms with Gasteiger partial charge in [-0.05, 0) is 65.4 Å². The minimum absolute atomic E-state index is 0.0451.